The van der Waals surface area contributed by atoms with Gasteiger partial charge in [0.15, 0.2) is 0 Å². The Morgan fingerprint density at radius 3 is 2.64 bits per heavy atom. The van der Waals surface area contributed by atoms with Gasteiger partial charge in [-0.05, 0) is 49.4 Å². The fourth-order valence-corrected chi connectivity index (χ4v) is 3.30. The molecule has 0 bridgehead atoms. The first-order chi connectivity index (χ1) is 13.5. The van der Waals surface area contributed by atoms with Crippen LogP contribution in [0.25, 0.3) is 0 Å². The lowest BCUT2D eigenvalue weighted by molar-refractivity contribution is 0.0600. The summed E-state index contributed by atoms with van der Waals surface area (Å²) in [6.45, 7) is 1.90. The van der Waals surface area contributed by atoms with Crippen LogP contribution in [-0.4, -0.2) is 24.0 Å². The Balaban J connectivity index is 1.67. The van der Waals surface area contributed by atoms with E-state index in [0.29, 0.717) is 32.6 Å². The van der Waals surface area contributed by atoms with Crippen molar-refractivity contribution in [1.29, 1.82) is 0 Å². The van der Waals surface area contributed by atoms with Crippen LogP contribution in [0.5, 0.6) is 5.75 Å². The van der Waals surface area contributed by atoms with Gasteiger partial charge in [-0.2, -0.15) is 0 Å². The number of anilines is 1. The van der Waals surface area contributed by atoms with Crippen LogP contribution in [0.1, 0.15) is 30.7 Å². The van der Waals surface area contributed by atoms with Gasteiger partial charge >= 0.3 is 5.97 Å². The summed E-state index contributed by atoms with van der Waals surface area (Å²) >= 11 is 1.21. The zero-order valence-corrected chi connectivity index (χ0v) is 16.0. The largest absolute Gasteiger partial charge is 0.486 e. The molecule has 28 heavy (non-hydrogen) atoms. The molecule has 0 radical (unpaired) electrons. The zero-order valence-electron chi connectivity index (χ0n) is 15.2. The standard InChI is InChI=1S/C20H17FN2O4S/c1-12-18(19(24)23-15-5-3-4-13(10-15)20(25)26-2)28-17(22-12)11-27-16-8-6-14(21)7-9-16/h3-10H,11H2,1-2H3,(H,23,24). The number of carbonyl (C=O) groups excluding carboxylic acids is 2. The van der Waals surface area contributed by atoms with E-state index in [2.05, 4.69) is 15.0 Å². The molecule has 0 spiro atoms. The van der Waals surface area contributed by atoms with Gasteiger partial charge in [0.2, 0.25) is 0 Å². The number of benzene rings is 2. The van der Waals surface area contributed by atoms with Crippen molar-refractivity contribution < 1.29 is 23.5 Å². The van der Waals surface area contributed by atoms with E-state index in [-0.39, 0.29) is 18.3 Å². The highest BCUT2D eigenvalue weighted by Crippen LogP contribution is 2.22. The first-order valence-electron chi connectivity index (χ1n) is 8.30. The molecule has 1 aromatic heterocycles. The van der Waals surface area contributed by atoms with E-state index < -0.39 is 5.97 Å². The summed E-state index contributed by atoms with van der Waals surface area (Å²) in [6, 6.07) is 12.1. The number of hydrogen-bond donors (Lipinski definition) is 1. The highest BCUT2D eigenvalue weighted by Gasteiger charge is 2.16. The minimum Gasteiger partial charge on any atom is -0.486 e. The molecular weight excluding hydrogens is 383 g/mol. The summed E-state index contributed by atoms with van der Waals surface area (Å²) < 4.78 is 23.2. The lowest BCUT2D eigenvalue weighted by Gasteiger charge is -2.06. The van der Waals surface area contributed by atoms with E-state index in [9.17, 15) is 14.0 Å². The number of ether oxygens (including phenoxy) is 2. The summed E-state index contributed by atoms with van der Waals surface area (Å²) in [7, 11) is 1.30. The van der Waals surface area contributed by atoms with Crippen molar-refractivity contribution in [3.8, 4) is 5.75 Å². The zero-order chi connectivity index (χ0) is 20.1. The number of carbonyl (C=O) groups is 2. The van der Waals surface area contributed by atoms with Crippen LogP contribution in [0.15, 0.2) is 48.5 Å². The molecule has 0 aliphatic heterocycles. The predicted molar refractivity (Wildman–Crippen MR) is 103 cm³/mol. The maximum absolute atomic E-state index is 12.9. The molecule has 0 aliphatic rings. The van der Waals surface area contributed by atoms with Crippen molar-refractivity contribution in [3.63, 3.8) is 0 Å². The minimum atomic E-state index is -0.481. The van der Waals surface area contributed by atoms with Crippen LogP contribution in [0.4, 0.5) is 10.1 Å². The molecule has 0 unspecified atom stereocenters. The second kappa shape index (κ2) is 8.62. The van der Waals surface area contributed by atoms with Crippen molar-refractivity contribution in [2.45, 2.75) is 13.5 Å². The van der Waals surface area contributed by atoms with Gasteiger partial charge < -0.3 is 14.8 Å². The predicted octanol–water partition coefficient (Wildman–Crippen LogP) is 4.21. The first-order valence-corrected chi connectivity index (χ1v) is 9.12. The van der Waals surface area contributed by atoms with Crippen LogP contribution in [0.3, 0.4) is 0 Å². The van der Waals surface area contributed by atoms with E-state index in [0.717, 1.165) is 0 Å². The molecule has 1 heterocycles. The van der Waals surface area contributed by atoms with Crippen molar-refractivity contribution in [1.82, 2.24) is 4.98 Å². The fraction of sp³-hybridized carbons (Fsp3) is 0.150. The SMILES string of the molecule is COC(=O)c1cccc(NC(=O)c2sc(COc3ccc(F)cc3)nc2C)c1. The summed E-state index contributed by atoms with van der Waals surface area (Å²) in [5, 5.41) is 3.37. The molecule has 2 aromatic carbocycles. The number of hydrogen-bond acceptors (Lipinski definition) is 6. The van der Waals surface area contributed by atoms with Crippen molar-refractivity contribution in [2.24, 2.45) is 0 Å². The number of aryl methyl sites for hydroxylation is 1. The topological polar surface area (TPSA) is 77.5 Å². The minimum absolute atomic E-state index is 0.169. The average Bonchev–Trinajstić information content (AvgIpc) is 3.08. The molecular formula is C20H17FN2O4S. The maximum atomic E-state index is 12.9. The highest BCUT2D eigenvalue weighted by molar-refractivity contribution is 7.13. The van der Waals surface area contributed by atoms with Crippen LogP contribution in [0.2, 0.25) is 0 Å². The molecule has 0 atom stereocenters. The van der Waals surface area contributed by atoms with E-state index in [4.69, 9.17) is 4.74 Å². The lowest BCUT2D eigenvalue weighted by Crippen LogP contribution is -2.12. The number of amides is 1. The van der Waals surface area contributed by atoms with Gasteiger partial charge in [0.05, 0.1) is 18.4 Å². The van der Waals surface area contributed by atoms with Gasteiger partial charge in [0, 0.05) is 5.69 Å². The molecule has 144 valence electrons. The van der Waals surface area contributed by atoms with Gasteiger partial charge in [-0.3, -0.25) is 4.79 Å². The Morgan fingerprint density at radius 1 is 1.18 bits per heavy atom. The second-order valence-corrected chi connectivity index (χ2v) is 6.87. The van der Waals surface area contributed by atoms with E-state index in [1.807, 2.05) is 0 Å². The molecule has 3 rings (SSSR count). The van der Waals surface area contributed by atoms with Gasteiger partial charge in [-0.15, -0.1) is 11.3 Å². The third-order valence-corrected chi connectivity index (χ3v) is 4.89. The summed E-state index contributed by atoms with van der Waals surface area (Å²) in [5.74, 6) is -0.636. The van der Waals surface area contributed by atoms with Crippen LogP contribution >= 0.6 is 11.3 Å². The molecule has 3 aromatic rings. The number of halogens is 1. The van der Waals surface area contributed by atoms with Gasteiger partial charge in [-0.1, -0.05) is 6.07 Å². The normalized spacial score (nSPS) is 10.4. The number of nitrogens with zero attached hydrogens (tertiary/aromatic N) is 1. The van der Waals surface area contributed by atoms with Gasteiger partial charge in [-0.25, -0.2) is 14.2 Å². The Kier molecular flexibility index (Phi) is 6.00. The molecule has 1 N–H and O–H groups in total. The van der Waals surface area contributed by atoms with Crippen LogP contribution < -0.4 is 10.1 Å². The van der Waals surface area contributed by atoms with E-state index in [1.54, 1.807) is 31.2 Å². The third-order valence-electron chi connectivity index (χ3n) is 3.76. The molecule has 0 saturated heterocycles. The van der Waals surface area contributed by atoms with Crippen molar-refractivity contribution >= 4 is 28.9 Å². The average molecular weight is 400 g/mol. The Labute approximate surface area is 164 Å². The monoisotopic (exact) mass is 400 g/mol. The van der Waals surface area contributed by atoms with Crippen molar-refractivity contribution in [2.75, 3.05) is 12.4 Å². The Bertz CT molecular complexity index is 1000. The summed E-state index contributed by atoms with van der Waals surface area (Å²) in [5.41, 5.74) is 1.39. The first kappa shape index (κ1) is 19.5. The smallest absolute Gasteiger partial charge is 0.337 e. The summed E-state index contributed by atoms with van der Waals surface area (Å²) in [6.07, 6.45) is 0. The molecule has 0 saturated carbocycles. The number of nitrogens with one attached hydrogen (secondary N) is 1. The van der Waals surface area contributed by atoms with Crippen molar-refractivity contribution in [3.05, 3.63) is 75.5 Å². The van der Waals surface area contributed by atoms with E-state index >= 15 is 0 Å². The van der Waals surface area contributed by atoms with Crippen LogP contribution in [-0.2, 0) is 11.3 Å². The highest BCUT2D eigenvalue weighted by atomic mass is 32.1. The molecule has 0 fully saturated rings. The number of esters is 1. The number of rotatable bonds is 6. The number of methoxy groups -OCH3 is 1. The molecule has 8 heteroatoms. The van der Waals surface area contributed by atoms with E-state index in [1.165, 1.54) is 42.7 Å². The summed E-state index contributed by atoms with van der Waals surface area (Å²) in [4.78, 5) is 29.0. The number of thiazole rings is 1. The number of aromatic nitrogens is 1. The maximum Gasteiger partial charge on any atom is 0.337 e. The van der Waals surface area contributed by atoms with Gasteiger partial charge in [0.25, 0.3) is 5.91 Å². The second-order valence-electron chi connectivity index (χ2n) is 5.79. The van der Waals surface area contributed by atoms with Gasteiger partial charge in [0.1, 0.15) is 28.1 Å². The Morgan fingerprint density at radius 2 is 1.93 bits per heavy atom. The van der Waals surface area contributed by atoms with Crippen LogP contribution in [0, 0.1) is 12.7 Å². The third kappa shape index (κ3) is 4.72. The fourth-order valence-electron chi connectivity index (χ4n) is 2.43. The lowest BCUT2D eigenvalue weighted by atomic mass is 10.2. The quantitative estimate of drug-likeness (QED) is 0.627. The molecule has 0 aliphatic carbocycles. The Hall–Kier alpha value is -3.26. The molecule has 6 nitrogen and oxygen atoms in total. The molecule has 1 amide bonds.